The number of benzene rings is 5. The Bertz CT molecular complexity index is 1740. The largest absolute Gasteiger partial charge is 0.348 e. The van der Waals surface area contributed by atoms with Gasteiger partial charge in [-0.3, -0.25) is 20.2 Å². The molecule has 0 spiro atoms. The highest BCUT2D eigenvalue weighted by molar-refractivity contribution is 5.86. The predicted octanol–water partition coefficient (Wildman–Crippen LogP) is 8.18. The van der Waals surface area contributed by atoms with Gasteiger partial charge in [0.25, 0.3) is 0 Å². The lowest BCUT2D eigenvalue weighted by Crippen LogP contribution is -2.09. The highest BCUT2D eigenvalue weighted by Gasteiger charge is 2.26. The zero-order chi connectivity index (χ0) is 27.6. The Kier molecular flexibility index (Phi) is 6.21. The lowest BCUT2D eigenvalue weighted by Gasteiger charge is -2.25. The summed E-state index contributed by atoms with van der Waals surface area (Å²) < 4.78 is 0. The molecule has 5 aromatic carbocycles. The molecule has 194 valence electrons. The average Bonchev–Trinajstić information content (AvgIpc) is 3.42. The molecule has 0 fully saturated rings. The van der Waals surface area contributed by atoms with Crippen LogP contribution in [0.1, 0.15) is 0 Å². The molecular formula is C31H21N5O4. The second-order valence-electron chi connectivity index (χ2n) is 9.09. The van der Waals surface area contributed by atoms with Crippen LogP contribution >= 0.6 is 0 Å². The molecule has 40 heavy (non-hydrogen) atoms. The number of imidazole rings is 1. The molecule has 1 aromatic heterocycles. The summed E-state index contributed by atoms with van der Waals surface area (Å²) in [5, 5.41) is 22.6. The third-order valence-electron chi connectivity index (χ3n) is 6.62. The van der Waals surface area contributed by atoms with Gasteiger partial charge in [0.2, 0.25) is 0 Å². The first-order chi connectivity index (χ1) is 19.5. The molecule has 0 bridgehead atoms. The van der Waals surface area contributed by atoms with Crippen molar-refractivity contribution in [3.05, 3.63) is 142 Å². The summed E-state index contributed by atoms with van der Waals surface area (Å²) in [6, 6.07) is 38.7. The molecule has 0 unspecified atom stereocenters. The van der Waals surface area contributed by atoms with E-state index in [0.717, 1.165) is 45.9 Å². The molecule has 0 saturated heterocycles. The number of H-pyrrole nitrogens is 1. The summed E-state index contributed by atoms with van der Waals surface area (Å²) in [6.45, 7) is 0. The number of para-hydroxylation sites is 2. The zero-order valence-corrected chi connectivity index (χ0v) is 21.0. The van der Waals surface area contributed by atoms with Crippen LogP contribution in [0.15, 0.2) is 121 Å². The summed E-state index contributed by atoms with van der Waals surface area (Å²) in [5.74, 6) is 0.466. The minimum Gasteiger partial charge on any atom is -0.338 e. The van der Waals surface area contributed by atoms with E-state index in [9.17, 15) is 20.2 Å². The van der Waals surface area contributed by atoms with Gasteiger partial charge in [0.05, 0.1) is 26.9 Å². The molecule has 0 aliphatic heterocycles. The summed E-state index contributed by atoms with van der Waals surface area (Å²) in [7, 11) is 0. The predicted molar refractivity (Wildman–Crippen MR) is 155 cm³/mol. The Labute approximate surface area is 228 Å². The number of nitrogens with zero attached hydrogens (tertiary/aromatic N) is 4. The van der Waals surface area contributed by atoms with Crippen LogP contribution in [0, 0.1) is 20.2 Å². The molecule has 1 N–H and O–H groups in total. The first-order valence-electron chi connectivity index (χ1n) is 12.4. The average molecular weight is 528 g/mol. The van der Waals surface area contributed by atoms with E-state index < -0.39 is 21.2 Å². The van der Waals surface area contributed by atoms with E-state index in [1.807, 2.05) is 60.7 Å². The van der Waals surface area contributed by atoms with Crippen molar-refractivity contribution >= 4 is 39.5 Å². The van der Waals surface area contributed by atoms with E-state index in [1.54, 1.807) is 0 Å². The van der Waals surface area contributed by atoms with Crippen LogP contribution < -0.4 is 4.90 Å². The fourth-order valence-corrected chi connectivity index (χ4v) is 4.69. The number of nitro groups is 2. The Morgan fingerprint density at radius 2 is 1.02 bits per heavy atom. The number of aromatic amines is 1. The number of anilines is 3. The van der Waals surface area contributed by atoms with Crippen LogP contribution in [0.2, 0.25) is 0 Å². The highest BCUT2D eigenvalue weighted by atomic mass is 16.6. The molecule has 1 heterocycles. The van der Waals surface area contributed by atoms with E-state index >= 15 is 0 Å². The molecule has 6 aromatic rings. The molecule has 6 rings (SSSR count). The SMILES string of the molecule is O=[N+]([O-])c1cc2nc(-c3ccc(-c4ccc(N(c5ccccc5)c5ccccc5)cc4)cc3)[nH]c2cc1[N+](=O)[O-]. The lowest BCUT2D eigenvalue weighted by atomic mass is 10.0. The summed E-state index contributed by atoms with van der Waals surface area (Å²) in [4.78, 5) is 30.7. The maximum absolute atomic E-state index is 11.3. The Hall–Kier alpha value is -5.83. The summed E-state index contributed by atoms with van der Waals surface area (Å²) >= 11 is 0. The van der Waals surface area contributed by atoms with Gasteiger partial charge < -0.3 is 9.88 Å². The lowest BCUT2D eigenvalue weighted by molar-refractivity contribution is -0.422. The summed E-state index contributed by atoms with van der Waals surface area (Å²) in [6.07, 6.45) is 0. The van der Waals surface area contributed by atoms with Crippen molar-refractivity contribution in [2.45, 2.75) is 0 Å². The van der Waals surface area contributed by atoms with Crippen LogP contribution in [-0.2, 0) is 0 Å². The molecule has 0 aliphatic rings. The van der Waals surface area contributed by atoms with Crippen LogP contribution in [-0.4, -0.2) is 19.8 Å². The number of hydrogen-bond acceptors (Lipinski definition) is 6. The second kappa shape index (κ2) is 10.1. The first kappa shape index (κ1) is 24.5. The van der Waals surface area contributed by atoms with Crippen molar-refractivity contribution in [1.29, 1.82) is 0 Å². The maximum atomic E-state index is 11.3. The number of nitrogens with one attached hydrogen (secondary N) is 1. The second-order valence-corrected chi connectivity index (χ2v) is 9.09. The maximum Gasteiger partial charge on any atom is 0.348 e. The number of rotatable bonds is 7. The van der Waals surface area contributed by atoms with Crippen LogP contribution in [0.25, 0.3) is 33.5 Å². The van der Waals surface area contributed by atoms with Gasteiger partial charge in [-0.25, -0.2) is 4.98 Å². The normalized spacial score (nSPS) is 10.9. The Morgan fingerprint density at radius 3 is 1.55 bits per heavy atom. The van der Waals surface area contributed by atoms with E-state index in [-0.39, 0.29) is 5.52 Å². The third-order valence-corrected chi connectivity index (χ3v) is 6.62. The molecule has 9 nitrogen and oxygen atoms in total. The summed E-state index contributed by atoms with van der Waals surface area (Å²) in [5.41, 5.74) is 5.42. The molecule has 0 saturated carbocycles. The van der Waals surface area contributed by atoms with Crippen molar-refractivity contribution in [1.82, 2.24) is 9.97 Å². The topological polar surface area (TPSA) is 118 Å². The fraction of sp³-hybridized carbons (Fsp3) is 0. The monoisotopic (exact) mass is 527 g/mol. The number of hydrogen-bond donors (Lipinski definition) is 1. The minimum absolute atomic E-state index is 0.286. The van der Waals surface area contributed by atoms with Gasteiger partial charge in [-0.1, -0.05) is 72.8 Å². The number of nitro benzene ring substituents is 2. The van der Waals surface area contributed by atoms with E-state index in [0.29, 0.717) is 11.3 Å². The van der Waals surface area contributed by atoms with Crippen molar-refractivity contribution in [2.24, 2.45) is 0 Å². The quantitative estimate of drug-likeness (QED) is 0.165. The highest BCUT2D eigenvalue weighted by Crippen LogP contribution is 2.36. The molecule has 0 aliphatic carbocycles. The van der Waals surface area contributed by atoms with E-state index in [1.165, 1.54) is 0 Å². The third kappa shape index (κ3) is 4.63. The van der Waals surface area contributed by atoms with Crippen molar-refractivity contribution in [2.75, 3.05) is 4.90 Å². The Morgan fingerprint density at radius 1 is 0.575 bits per heavy atom. The van der Waals surface area contributed by atoms with Gasteiger partial charge in [-0.15, -0.1) is 0 Å². The van der Waals surface area contributed by atoms with Gasteiger partial charge in [0.15, 0.2) is 0 Å². The van der Waals surface area contributed by atoms with E-state index in [2.05, 4.69) is 63.4 Å². The Balaban J connectivity index is 1.29. The molecule has 0 atom stereocenters. The number of fused-ring (bicyclic) bond motifs is 1. The minimum atomic E-state index is -0.773. The van der Waals surface area contributed by atoms with Gasteiger partial charge in [-0.05, 0) is 47.5 Å². The van der Waals surface area contributed by atoms with E-state index in [4.69, 9.17) is 0 Å². The van der Waals surface area contributed by atoms with Crippen LogP contribution in [0.5, 0.6) is 0 Å². The van der Waals surface area contributed by atoms with Gasteiger partial charge in [-0.2, -0.15) is 0 Å². The molecule has 9 heteroatoms. The van der Waals surface area contributed by atoms with Crippen molar-refractivity contribution in [3.8, 4) is 22.5 Å². The molecule has 0 radical (unpaired) electrons. The molecular weight excluding hydrogens is 506 g/mol. The van der Waals surface area contributed by atoms with Crippen LogP contribution in [0.3, 0.4) is 0 Å². The number of aromatic nitrogens is 2. The van der Waals surface area contributed by atoms with Gasteiger partial charge in [0, 0.05) is 28.7 Å². The first-order valence-corrected chi connectivity index (χ1v) is 12.4. The molecule has 0 amide bonds. The fourth-order valence-electron chi connectivity index (χ4n) is 4.69. The van der Waals surface area contributed by atoms with Gasteiger partial charge >= 0.3 is 11.4 Å². The van der Waals surface area contributed by atoms with Crippen molar-refractivity contribution in [3.63, 3.8) is 0 Å². The van der Waals surface area contributed by atoms with Gasteiger partial charge in [0.1, 0.15) is 5.82 Å². The van der Waals surface area contributed by atoms with Crippen LogP contribution in [0.4, 0.5) is 28.4 Å². The standard InChI is InChI=1S/C31H21N5O4/c37-35(38)29-19-27-28(20-30(29)36(39)40)33-31(32-27)23-13-11-21(12-14-23)22-15-17-26(18-16-22)34(24-7-3-1-4-8-24)25-9-5-2-6-10-25/h1-20H,(H,32,33). The van der Waals surface area contributed by atoms with Crippen molar-refractivity contribution < 1.29 is 9.85 Å². The smallest absolute Gasteiger partial charge is 0.338 e. The zero-order valence-electron chi connectivity index (χ0n) is 21.0.